The third kappa shape index (κ3) is 3.39. The summed E-state index contributed by atoms with van der Waals surface area (Å²) < 4.78 is 0. The summed E-state index contributed by atoms with van der Waals surface area (Å²) in [5, 5.41) is 3.88. The molecule has 1 spiro atoms. The quantitative estimate of drug-likeness (QED) is 0.844. The number of piperazine rings is 1. The van der Waals surface area contributed by atoms with E-state index in [-0.39, 0.29) is 0 Å². The van der Waals surface area contributed by atoms with Crippen LogP contribution in [0.4, 0.5) is 0 Å². The first kappa shape index (κ1) is 14.8. The maximum absolute atomic E-state index is 3.88. The zero-order chi connectivity index (χ0) is 14.0. The Hall–Kier alpha value is -0.0800. The van der Waals surface area contributed by atoms with Gasteiger partial charge in [0, 0.05) is 24.7 Å². The van der Waals surface area contributed by atoms with Crippen LogP contribution >= 0.6 is 0 Å². The summed E-state index contributed by atoms with van der Waals surface area (Å²) in [6, 6.07) is 0.738. The third-order valence-corrected chi connectivity index (χ3v) is 6.33. The van der Waals surface area contributed by atoms with E-state index in [4.69, 9.17) is 0 Å². The Labute approximate surface area is 125 Å². The molecule has 1 heterocycles. The summed E-state index contributed by atoms with van der Waals surface area (Å²) in [5.74, 6) is 2.00. The van der Waals surface area contributed by atoms with E-state index < -0.39 is 0 Å². The first-order valence-corrected chi connectivity index (χ1v) is 9.16. The molecule has 3 fully saturated rings. The van der Waals surface area contributed by atoms with Gasteiger partial charge in [-0.05, 0) is 51.0 Å². The van der Waals surface area contributed by atoms with Crippen molar-refractivity contribution in [3.8, 4) is 0 Å². The highest BCUT2D eigenvalue weighted by atomic mass is 15.2. The molecule has 0 radical (unpaired) electrons. The van der Waals surface area contributed by atoms with Crippen molar-refractivity contribution in [1.82, 2.24) is 10.2 Å². The molecule has 0 aromatic rings. The van der Waals surface area contributed by atoms with Crippen molar-refractivity contribution in [2.45, 2.75) is 83.2 Å². The van der Waals surface area contributed by atoms with Gasteiger partial charge in [0.25, 0.3) is 0 Å². The molecule has 3 atom stereocenters. The summed E-state index contributed by atoms with van der Waals surface area (Å²) >= 11 is 0. The second-order valence-electron chi connectivity index (χ2n) is 8.11. The Morgan fingerprint density at radius 3 is 2.65 bits per heavy atom. The van der Waals surface area contributed by atoms with Crippen molar-refractivity contribution in [3.63, 3.8) is 0 Å². The summed E-state index contributed by atoms with van der Waals surface area (Å²) in [4.78, 5) is 2.81. The Bertz CT molecular complexity index is 309. The lowest BCUT2D eigenvalue weighted by Gasteiger charge is -2.46. The van der Waals surface area contributed by atoms with Gasteiger partial charge in [-0.25, -0.2) is 0 Å². The minimum Gasteiger partial charge on any atom is -0.308 e. The van der Waals surface area contributed by atoms with Crippen LogP contribution in [0, 0.1) is 11.8 Å². The largest absolute Gasteiger partial charge is 0.308 e. The molecular formula is C18H34N2. The van der Waals surface area contributed by atoms with Crippen LogP contribution < -0.4 is 5.32 Å². The standard InChI is InChI=1S/C18H34N2/c1-15-6-5-7-17(12-15)8-11-20-14-18(9-3-4-10-18)19-13-16(20)2/h15-17,19H,3-14H2,1-2H3. The Balaban J connectivity index is 1.50. The molecule has 1 N–H and O–H groups in total. The van der Waals surface area contributed by atoms with Gasteiger partial charge in [-0.1, -0.05) is 39.0 Å². The predicted molar refractivity (Wildman–Crippen MR) is 86.0 cm³/mol. The molecule has 0 aromatic carbocycles. The number of nitrogens with one attached hydrogen (secondary N) is 1. The lowest BCUT2D eigenvalue weighted by Crippen LogP contribution is -2.62. The number of hydrogen-bond acceptors (Lipinski definition) is 2. The summed E-state index contributed by atoms with van der Waals surface area (Å²) in [6.07, 6.45) is 13.1. The molecular weight excluding hydrogens is 244 g/mol. The Morgan fingerprint density at radius 1 is 1.10 bits per heavy atom. The fourth-order valence-corrected chi connectivity index (χ4v) is 4.95. The van der Waals surface area contributed by atoms with E-state index in [1.54, 1.807) is 0 Å². The first-order valence-electron chi connectivity index (χ1n) is 9.16. The van der Waals surface area contributed by atoms with Crippen LogP contribution in [0.3, 0.4) is 0 Å². The van der Waals surface area contributed by atoms with E-state index in [1.165, 1.54) is 77.4 Å². The molecule has 20 heavy (non-hydrogen) atoms. The van der Waals surface area contributed by atoms with Gasteiger partial charge in [0.2, 0.25) is 0 Å². The van der Waals surface area contributed by atoms with E-state index in [0.717, 1.165) is 17.9 Å². The average Bonchev–Trinajstić information content (AvgIpc) is 2.89. The topological polar surface area (TPSA) is 15.3 Å². The predicted octanol–water partition coefficient (Wildman–Crippen LogP) is 3.81. The molecule has 0 bridgehead atoms. The van der Waals surface area contributed by atoms with Gasteiger partial charge in [0.05, 0.1) is 0 Å². The first-order chi connectivity index (χ1) is 9.67. The minimum absolute atomic E-state index is 0.492. The molecule has 0 aromatic heterocycles. The van der Waals surface area contributed by atoms with Crippen molar-refractivity contribution in [1.29, 1.82) is 0 Å². The molecule has 3 aliphatic rings. The summed E-state index contributed by atoms with van der Waals surface area (Å²) in [6.45, 7) is 8.74. The van der Waals surface area contributed by atoms with Crippen LogP contribution in [0.5, 0.6) is 0 Å². The van der Waals surface area contributed by atoms with E-state index in [9.17, 15) is 0 Å². The van der Waals surface area contributed by atoms with Gasteiger partial charge in [-0.15, -0.1) is 0 Å². The highest BCUT2D eigenvalue weighted by Gasteiger charge is 2.39. The number of hydrogen-bond donors (Lipinski definition) is 1. The maximum Gasteiger partial charge on any atom is 0.0309 e. The Morgan fingerprint density at radius 2 is 1.90 bits per heavy atom. The zero-order valence-electron chi connectivity index (χ0n) is 13.7. The molecule has 2 saturated carbocycles. The second kappa shape index (κ2) is 6.36. The van der Waals surface area contributed by atoms with Gasteiger partial charge in [-0.3, -0.25) is 4.90 Å². The minimum atomic E-state index is 0.492. The lowest BCUT2D eigenvalue weighted by atomic mass is 9.80. The third-order valence-electron chi connectivity index (χ3n) is 6.33. The van der Waals surface area contributed by atoms with Crippen LogP contribution in [0.25, 0.3) is 0 Å². The van der Waals surface area contributed by atoms with E-state index in [2.05, 4.69) is 24.1 Å². The second-order valence-corrected chi connectivity index (χ2v) is 8.11. The highest BCUT2D eigenvalue weighted by molar-refractivity contribution is 5.00. The number of nitrogens with zero attached hydrogens (tertiary/aromatic N) is 1. The SMILES string of the molecule is CC1CCCC(CCN2CC3(CCCC3)NCC2C)C1. The van der Waals surface area contributed by atoms with Gasteiger partial charge >= 0.3 is 0 Å². The van der Waals surface area contributed by atoms with Crippen LogP contribution in [-0.4, -0.2) is 36.1 Å². The van der Waals surface area contributed by atoms with Crippen molar-refractivity contribution in [2.75, 3.05) is 19.6 Å². The fourth-order valence-electron chi connectivity index (χ4n) is 4.95. The normalized spacial score (nSPS) is 38.4. The lowest BCUT2D eigenvalue weighted by molar-refractivity contribution is 0.0797. The van der Waals surface area contributed by atoms with Gasteiger partial charge < -0.3 is 5.32 Å². The zero-order valence-corrected chi connectivity index (χ0v) is 13.7. The smallest absolute Gasteiger partial charge is 0.0309 e. The van der Waals surface area contributed by atoms with Crippen molar-refractivity contribution in [2.24, 2.45) is 11.8 Å². The molecule has 1 saturated heterocycles. The average molecular weight is 278 g/mol. The molecule has 2 nitrogen and oxygen atoms in total. The van der Waals surface area contributed by atoms with Crippen LogP contribution in [-0.2, 0) is 0 Å². The molecule has 0 amide bonds. The van der Waals surface area contributed by atoms with E-state index >= 15 is 0 Å². The molecule has 3 rings (SSSR count). The fraction of sp³-hybridized carbons (Fsp3) is 1.00. The molecule has 116 valence electrons. The van der Waals surface area contributed by atoms with E-state index in [0.29, 0.717) is 5.54 Å². The van der Waals surface area contributed by atoms with Crippen LogP contribution in [0.2, 0.25) is 0 Å². The van der Waals surface area contributed by atoms with E-state index in [1.807, 2.05) is 0 Å². The Kier molecular flexibility index (Phi) is 4.72. The summed E-state index contributed by atoms with van der Waals surface area (Å²) in [5.41, 5.74) is 0.492. The van der Waals surface area contributed by atoms with Crippen molar-refractivity contribution in [3.05, 3.63) is 0 Å². The monoisotopic (exact) mass is 278 g/mol. The van der Waals surface area contributed by atoms with Crippen LogP contribution in [0.15, 0.2) is 0 Å². The van der Waals surface area contributed by atoms with Gasteiger partial charge in [0.1, 0.15) is 0 Å². The molecule has 1 aliphatic heterocycles. The molecule has 3 unspecified atom stereocenters. The number of rotatable bonds is 3. The maximum atomic E-state index is 3.88. The highest BCUT2D eigenvalue weighted by Crippen LogP contribution is 2.34. The molecule has 2 aliphatic carbocycles. The molecule has 2 heteroatoms. The van der Waals surface area contributed by atoms with Crippen molar-refractivity contribution >= 4 is 0 Å². The van der Waals surface area contributed by atoms with Crippen LogP contribution in [0.1, 0.15) is 71.6 Å². The van der Waals surface area contributed by atoms with Gasteiger partial charge in [0.15, 0.2) is 0 Å². The summed E-state index contributed by atoms with van der Waals surface area (Å²) in [7, 11) is 0. The van der Waals surface area contributed by atoms with Gasteiger partial charge in [-0.2, -0.15) is 0 Å². The van der Waals surface area contributed by atoms with Crippen molar-refractivity contribution < 1.29 is 0 Å².